The maximum absolute atomic E-state index is 5.51. The summed E-state index contributed by atoms with van der Waals surface area (Å²) < 4.78 is 5.51. The molecule has 1 aromatic rings. The molecule has 1 fully saturated rings. The summed E-state index contributed by atoms with van der Waals surface area (Å²) in [5.74, 6) is 0.703. The molecule has 2 nitrogen and oxygen atoms in total. The number of nitrogens with one attached hydrogen (secondary N) is 1. The van der Waals surface area contributed by atoms with E-state index in [1.165, 1.54) is 35.1 Å². The van der Waals surface area contributed by atoms with Gasteiger partial charge in [-0.3, -0.25) is 0 Å². The zero-order valence-corrected chi connectivity index (χ0v) is 12.8. The molecule has 1 N–H and O–H groups in total. The molecule has 0 spiro atoms. The number of hydrogen-bond donors (Lipinski definition) is 1. The lowest BCUT2D eigenvalue weighted by Crippen LogP contribution is -2.32. The molecule has 1 unspecified atom stereocenters. The average Bonchev–Trinajstić information content (AvgIpc) is 2.42. The van der Waals surface area contributed by atoms with E-state index in [2.05, 4.69) is 45.1 Å². The SMILES string of the molecule is CCNC(c1cc(C)c(C)cc1C)C1CCOCC1. The van der Waals surface area contributed by atoms with Gasteiger partial charge < -0.3 is 10.1 Å². The van der Waals surface area contributed by atoms with E-state index < -0.39 is 0 Å². The third kappa shape index (κ3) is 3.37. The van der Waals surface area contributed by atoms with Crippen molar-refractivity contribution >= 4 is 0 Å². The van der Waals surface area contributed by atoms with Crippen molar-refractivity contribution < 1.29 is 4.74 Å². The van der Waals surface area contributed by atoms with E-state index in [9.17, 15) is 0 Å². The molecule has 0 amide bonds. The second kappa shape index (κ2) is 6.53. The maximum Gasteiger partial charge on any atom is 0.0469 e. The van der Waals surface area contributed by atoms with Crippen LogP contribution in [0.25, 0.3) is 0 Å². The lowest BCUT2D eigenvalue weighted by molar-refractivity contribution is 0.0537. The van der Waals surface area contributed by atoms with E-state index in [1.54, 1.807) is 0 Å². The summed E-state index contributed by atoms with van der Waals surface area (Å²) in [5, 5.41) is 3.70. The predicted octanol–water partition coefficient (Wildman–Crippen LogP) is 3.69. The quantitative estimate of drug-likeness (QED) is 0.892. The predicted molar refractivity (Wildman–Crippen MR) is 80.6 cm³/mol. The summed E-state index contributed by atoms with van der Waals surface area (Å²) in [5.41, 5.74) is 5.69. The first-order valence-electron chi connectivity index (χ1n) is 7.52. The molecule has 0 aliphatic carbocycles. The van der Waals surface area contributed by atoms with E-state index in [0.29, 0.717) is 12.0 Å². The van der Waals surface area contributed by atoms with E-state index in [-0.39, 0.29) is 0 Å². The standard InChI is InChI=1S/C17H27NO/c1-5-18-17(15-6-8-19-9-7-15)16-11-13(3)12(2)10-14(16)4/h10-11,15,17-18H,5-9H2,1-4H3. The minimum atomic E-state index is 0.480. The van der Waals surface area contributed by atoms with Crippen LogP contribution in [0.1, 0.15) is 48.1 Å². The zero-order chi connectivity index (χ0) is 13.8. The second-order valence-corrected chi connectivity index (χ2v) is 5.78. The molecule has 1 saturated heterocycles. The molecule has 1 heterocycles. The van der Waals surface area contributed by atoms with E-state index in [1.807, 2.05) is 0 Å². The van der Waals surface area contributed by atoms with Gasteiger partial charge in [-0.15, -0.1) is 0 Å². The maximum atomic E-state index is 5.51. The molecule has 0 radical (unpaired) electrons. The molecular weight excluding hydrogens is 234 g/mol. The summed E-state index contributed by atoms with van der Waals surface area (Å²) >= 11 is 0. The highest BCUT2D eigenvalue weighted by atomic mass is 16.5. The van der Waals surface area contributed by atoms with Gasteiger partial charge in [-0.05, 0) is 68.3 Å². The first kappa shape index (κ1) is 14.5. The van der Waals surface area contributed by atoms with E-state index in [4.69, 9.17) is 4.74 Å². The first-order chi connectivity index (χ1) is 9.13. The van der Waals surface area contributed by atoms with Crippen molar-refractivity contribution in [2.24, 2.45) is 5.92 Å². The molecule has 1 aliphatic heterocycles. The van der Waals surface area contributed by atoms with Crippen LogP contribution in [0.15, 0.2) is 12.1 Å². The Morgan fingerprint density at radius 2 is 1.74 bits per heavy atom. The molecule has 106 valence electrons. The third-order valence-corrected chi connectivity index (χ3v) is 4.38. The summed E-state index contributed by atoms with van der Waals surface area (Å²) in [6.45, 7) is 11.7. The molecule has 1 aliphatic rings. The molecule has 19 heavy (non-hydrogen) atoms. The van der Waals surface area contributed by atoms with Crippen molar-refractivity contribution in [2.45, 2.75) is 46.6 Å². The normalized spacial score (nSPS) is 18.5. The Labute approximate surface area is 117 Å². The molecule has 2 heteroatoms. The lowest BCUT2D eigenvalue weighted by Gasteiger charge is -2.32. The van der Waals surface area contributed by atoms with E-state index in [0.717, 1.165) is 19.8 Å². The van der Waals surface area contributed by atoms with Gasteiger partial charge >= 0.3 is 0 Å². The fourth-order valence-corrected chi connectivity index (χ4v) is 3.12. The highest BCUT2D eigenvalue weighted by Crippen LogP contribution is 2.32. The van der Waals surface area contributed by atoms with Crippen LogP contribution in [-0.4, -0.2) is 19.8 Å². The van der Waals surface area contributed by atoms with Crippen LogP contribution in [-0.2, 0) is 4.74 Å². The molecule has 0 saturated carbocycles. The fourth-order valence-electron chi connectivity index (χ4n) is 3.12. The van der Waals surface area contributed by atoms with Gasteiger partial charge in [0.25, 0.3) is 0 Å². The Morgan fingerprint density at radius 1 is 1.11 bits per heavy atom. The van der Waals surface area contributed by atoms with Crippen LogP contribution in [0, 0.1) is 26.7 Å². The average molecular weight is 261 g/mol. The van der Waals surface area contributed by atoms with Gasteiger partial charge in [0.15, 0.2) is 0 Å². The van der Waals surface area contributed by atoms with Crippen molar-refractivity contribution in [3.8, 4) is 0 Å². The largest absolute Gasteiger partial charge is 0.381 e. The number of benzene rings is 1. The summed E-state index contributed by atoms with van der Waals surface area (Å²) in [4.78, 5) is 0. The van der Waals surface area contributed by atoms with Gasteiger partial charge in [0.2, 0.25) is 0 Å². The molecule has 0 aromatic heterocycles. The lowest BCUT2D eigenvalue weighted by atomic mass is 9.84. The molecule has 0 bridgehead atoms. The van der Waals surface area contributed by atoms with Crippen LogP contribution < -0.4 is 5.32 Å². The Morgan fingerprint density at radius 3 is 2.37 bits per heavy atom. The van der Waals surface area contributed by atoms with Crippen molar-refractivity contribution in [3.05, 3.63) is 34.4 Å². The van der Waals surface area contributed by atoms with Crippen LogP contribution in [0.3, 0.4) is 0 Å². The minimum Gasteiger partial charge on any atom is -0.381 e. The van der Waals surface area contributed by atoms with Gasteiger partial charge in [-0.1, -0.05) is 19.1 Å². The molecular formula is C17H27NO. The van der Waals surface area contributed by atoms with Gasteiger partial charge in [-0.25, -0.2) is 0 Å². The van der Waals surface area contributed by atoms with Crippen LogP contribution >= 0.6 is 0 Å². The number of hydrogen-bond acceptors (Lipinski definition) is 2. The van der Waals surface area contributed by atoms with Gasteiger partial charge in [0.1, 0.15) is 0 Å². The fraction of sp³-hybridized carbons (Fsp3) is 0.647. The number of aryl methyl sites for hydroxylation is 3. The monoisotopic (exact) mass is 261 g/mol. The van der Waals surface area contributed by atoms with Crippen LogP contribution in [0.4, 0.5) is 0 Å². The van der Waals surface area contributed by atoms with Crippen LogP contribution in [0.5, 0.6) is 0 Å². The Kier molecular flexibility index (Phi) is 5.00. The smallest absolute Gasteiger partial charge is 0.0469 e. The van der Waals surface area contributed by atoms with Crippen molar-refractivity contribution in [1.29, 1.82) is 0 Å². The van der Waals surface area contributed by atoms with E-state index >= 15 is 0 Å². The highest BCUT2D eigenvalue weighted by molar-refractivity contribution is 5.38. The highest BCUT2D eigenvalue weighted by Gasteiger charge is 2.26. The minimum absolute atomic E-state index is 0.480. The first-order valence-corrected chi connectivity index (χ1v) is 7.52. The summed E-state index contributed by atoms with van der Waals surface area (Å²) in [6.07, 6.45) is 2.34. The number of ether oxygens (including phenoxy) is 1. The molecule has 1 aromatic carbocycles. The van der Waals surface area contributed by atoms with Crippen molar-refractivity contribution in [1.82, 2.24) is 5.32 Å². The number of rotatable bonds is 4. The topological polar surface area (TPSA) is 21.3 Å². The Balaban J connectivity index is 2.29. The van der Waals surface area contributed by atoms with Gasteiger partial charge in [0, 0.05) is 19.3 Å². The van der Waals surface area contributed by atoms with Crippen molar-refractivity contribution in [2.75, 3.05) is 19.8 Å². The van der Waals surface area contributed by atoms with Crippen molar-refractivity contribution in [3.63, 3.8) is 0 Å². The summed E-state index contributed by atoms with van der Waals surface area (Å²) in [6, 6.07) is 5.19. The van der Waals surface area contributed by atoms with Gasteiger partial charge in [0.05, 0.1) is 0 Å². The third-order valence-electron chi connectivity index (χ3n) is 4.38. The van der Waals surface area contributed by atoms with Crippen LogP contribution in [0.2, 0.25) is 0 Å². The summed E-state index contributed by atoms with van der Waals surface area (Å²) in [7, 11) is 0. The Bertz CT molecular complexity index is 422. The Hall–Kier alpha value is -0.860. The zero-order valence-electron chi connectivity index (χ0n) is 12.8. The second-order valence-electron chi connectivity index (χ2n) is 5.78. The van der Waals surface area contributed by atoms with Gasteiger partial charge in [-0.2, -0.15) is 0 Å². The molecule has 2 rings (SSSR count). The molecule has 1 atom stereocenters.